The lowest BCUT2D eigenvalue weighted by Crippen LogP contribution is -2.20. The summed E-state index contributed by atoms with van der Waals surface area (Å²) < 4.78 is 44.2. The molecule has 21 heavy (non-hydrogen) atoms. The predicted molar refractivity (Wildman–Crippen MR) is 77.0 cm³/mol. The van der Waals surface area contributed by atoms with Gasteiger partial charge in [0.2, 0.25) is 10.0 Å². The third-order valence-electron chi connectivity index (χ3n) is 2.38. The van der Waals surface area contributed by atoms with Crippen LogP contribution in [0.4, 0.5) is 10.1 Å². The Hall–Kier alpha value is -1.93. The Morgan fingerprint density at radius 2 is 2.19 bits per heavy atom. The van der Waals surface area contributed by atoms with Gasteiger partial charge in [0.15, 0.2) is 0 Å². The normalized spacial score (nSPS) is 11.7. The molecule has 0 bridgehead atoms. The maximum absolute atomic E-state index is 13.8. The Morgan fingerprint density at radius 3 is 2.76 bits per heavy atom. The van der Waals surface area contributed by atoms with Crippen molar-refractivity contribution in [1.82, 2.24) is 0 Å². The second kappa shape index (κ2) is 7.75. The van der Waals surface area contributed by atoms with Gasteiger partial charge in [0.05, 0.1) is 18.0 Å². The smallest absolute Gasteiger partial charge is 0.328 e. The summed E-state index contributed by atoms with van der Waals surface area (Å²) in [6.45, 7) is 2.16. The summed E-state index contributed by atoms with van der Waals surface area (Å²) in [5.74, 6) is -2.22. The first-order valence-corrected chi connectivity index (χ1v) is 7.78. The molecule has 0 fully saturated rings. The zero-order valence-corrected chi connectivity index (χ0v) is 12.2. The summed E-state index contributed by atoms with van der Waals surface area (Å²) in [6, 6.07) is 3.68. The summed E-state index contributed by atoms with van der Waals surface area (Å²) in [4.78, 5) is 10.4. The van der Waals surface area contributed by atoms with E-state index in [1.54, 1.807) is 6.92 Å². The van der Waals surface area contributed by atoms with E-state index in [0.29, 0.717) is 12.2 Å². The number of hydrogen-bond donors (Lipinski definition) is 2. The zero-order chi connectivity index (χ0) is 15.9. The number of halogens is 1. The molecule has 6 nitrogen and oxygen atoms in total. The van der Waals surface area contributed by atoms with Crippen LogP contribution in [0.5, 0.6) is 0 Å². The maximum Gasteiger partial charge on any atom is 0.328 e. The summed E-state index contributed by atoms with van der Waals surface area (Å²) >= 11 is 0. The largest absolute Gasteiger partial charge is 0.478 e. The molecule has 2 N–H and O–H groups in total. The lowest BCUT2D eigenvalue weighted by Gasteiger charge is -2.09. The van der Waals surface area contributed by atoms with Crippen LogP contribution in [0.15, 0.2) is 24.3 Å². The van der Waals surface area contributed by atoms with Gasteiger partial charge in [0.25, 0.3) is 0 Å². The highest BCUT2D eigenvalue weighted by atomic mass is 32.2. The Morgan fingerprint density at radius 1 is 1.48 bits per heavy atom. The number of aliphatic carboxylic acids is 1. The number of benzene rings is 1. The van der Waals surface area contributed by atoms with E-state index < -0.39 is 21.8 Å². The van der Waals surface area contributed by atoms with Gasteiger partial charge in [-0.3, -0.25) is 4.72 Å². The molecule has 0 saturated carbocycles. The minimum absolute atomic E-state index is 0.0207. The molecule has 0 amide bonds. The van der Waals surface area contributed by atoms with Crippen LogP contribution < -0.4 is 4.72 Å². The summed E-state index contributed by atoms with van der Waals surface area (Å²) in [6.07, 6.45) is 2.07. The van der Waals surface area contributed by atoms with Gasteiger partial charge in [-0.25, -0.2) is 17.6 Å². The Bertz CT molecular complexity index is 627. The average molecular weight is 317 g/mol. The van der Waals surface area contributed by atoms with Gasteiger partial charge in [-0.1, -0.05) is 6.07 Å². The van der Waals surface area contributed by atoms with Crippen LogP contribution in [0.25, 0.3) is 6.08 Å². The van der Waals surface area contributed by atoms with Crippen LogP contribution in [0.3, 0.4) is 0 Å². The fourth-order valence-electron chi connectivity index (χ4n) is 1.42. The Labute approximate surface area is 122 Å². The highest BCUT2D eigenvalue weighted by molar-refractivity contribution is 7.92. The zero-order valence-electron chi connectivity index (χ0n) is 11.4. The highest BCUT2D eigenvalue weighted by Crippen LogP contribution is 2.18. The lowest BCUT2D eigenvalue weighted by molar-refractivity contribution is -0.131. The van der Waals surface area contributed by atoms with E-state index >= 15 is 0 Å². The van der Waals surface area contributed by atoms with Crippen LogP contribution in [0.1, 0.15) is 12.5 Å². The molecule has 0 aliphatic rings. The van der Waals surface area contributed by atoms with Crippen LogP contribution in [-0.4, -0.2) is 38.5 Å². The Kier molecular flexibility index (Phi) is 6.32. The molecular weight excluding hydrogens is 301 g/mol. The third-order valence-corrected chi connectivity index (χ3v) is 3.61. The Balaban J connectivity index is 2.79. The molecule has 0 atom stereocenters. The molecular formula is C13H16FNO5S. The average Bonchev–Trinajstić information content (AvgIpc) is 2.39. The van der Waals surface area contributed by atoms with Gasteiger partial charge < -0.3 is 9.84 Å². The number of anilines is 1. The van der Waals surface area contributed by atoms with Crippen molar-refractivity contribution in [3.63, 3.8) is 0 Å². The minimum Gasteiger partial charge on any atom is -0.478 e. The van der Waals surface area contributed by atoms with Crippen molar-refractivity contribution in [1.29, 1.82) is 0 Å². The fraction of sp³-hybridized carbons (Fsp3) is 0.308. The van der Waals surface area contributed by atoms with Crippen molar-refractivity contribution in [2.75, 3.05) is 23.7 Å². The summed E-state index contributed by atoms with van der Waals surface area (Å²) in [5.41, 5.74) is 0.117. The van der Waals surface area contributed by atoms with Crippen LogP contribution in [0, 0.1) is 5.82 Å². The summed E-state index contributed by atoms with van der Waals surface area (Å²) in [5, 5.41) is 8.47. The first-order valence-electron chi connectivity index (χ1n) is 6.13. The van der Waals surface area contributed by atoms with Gasteiger partial charge in [0, 0.05) is 12.7 Å². The molecule has 0 heterocycles. The molecule has 8 heteroatoms. The molecule has 1 aromatic rings. The van der Waals surface area contributed by atoms with Crippen LogP contribution >= 0.6 is 0 Å². The molecule has 0 aliphatic carbocycles. The molecule has 0 aromatic heterocycles. The second-order valence-electron chi connectivity index (χ2n) is 4.03. The monoisotopic (exact) mass is 317 g/mol. The van der Waals surface area contributed by atoms with Gasteiger partial charge in [-0.2, -0.15) is 0 Å². The number of carboxylic acids is 1. The second-order valence-corrected chi connectivity index (χ2v) is 5.87. The molecule has 116 valence electrons. The molecule has 0 aliphatic heterocycles. The number of nitrogens with one attached hydrogen (secondary N) is 1. The van der Waals surface area contributed by atoms with Crippen LogP contribution in [0.2, 0.25) is 0 Å². The minimum atomic E-state index is -3.70. The topological polar surface area (TPSA) is 92.7 Å². The van der Waals surface area contributed by atoms with Gasteiger partial charge in [0.1, 0.15) is 5.82 Å². The van der Waals surface area contributed by atoms with Gasteiger partial charge in [-0.15, -0.1) is 0 Å². The van der Waals surface area contributed by atoms with Crippen molar-refractivity contribution in [2.45, 2.75) is 6.92 Å². The van der Waals surface area contributed by atoms with Crippen molar-refractivity contribution in [3.05, 3.63) is 35.7 Å². The van der Waals surface area contributed by atoms with E-state index in [1.165, 1.54) is 18.2 Å². The fourth-order valence-corrected chi connectivity index (χ4v) is 2.36. The molecule has 1 aromatic carbocycles. The van der Waals surface area contributed by atoms with E-state index in [9.17, 15) is 17.6 Å². The maximum atomic E-state index is 13.8. The standard InChI is InChI=1S/C13H16FNO5S/c1-2-20-7-8-21(18,19)15-12-5-3-10(9-11(12)14)4-6-13(16)17/h3-6,9,15H,2,7-8H2,1H3,(H,16,17). The highest BCUT2D eigenvalue weighted by Gasteiger charge is 2.13. The molecule has 1 rings (SSSR count). The van der Waals surface area contributed by atoms with Crippen LogP contribution in [-0.2, 0) is 19.6 Å². The summed E-state index contributed by atoms with van der Waals surface area (Å²) in [7, 11) is -3.70. The SMILES string of the molecule is CCOCCS(=O)(=O)Nc1ccc(C=CC(=O)O)cc1F. The molecule has 0 unspecified atom stereocenters. The van der Waals surface area contributed by atoms with E-state index in [0.717, 1.165) is 12.1 Å². The lowest BCUT2D eigenvalue weighted by atomic mass is 10.2. The van der Waals surface area contributed by atoms with Crippen molar-refractivity contribution in [3.8, 4) is 0 Å². The van der Waals surface area contributed by atoms with Crippen molar-refractivity contribution in [2.24, 2.45) is 0 Å². The van der Waals surface area contributed by atoms with Crippen molar-refractivity contribution < 1.29 is 27.4 Å². The number of sulfonamides is 1. The van der Waals surface area contributed by atoms with E-state index in [4.69, 9.17) is 9.84 Å². The van der Waals surface area contributed by atoms with E-state index in [2.05, 4.69) is 4.72 Å². The number of rotatable bonds is 8. The van der Waals surface area contributed by atoms with Gasteiger partial charge >= 0.3 is 5.97 Å². The predicted octanol–water partition coefficient (Wildman–Crippen LogP) is 1.70. The van der Waals surface area contributed by atoms with E-state index in [1.807, 2.05) is 0 Å². The number of hydrogen-bond acceptors (Lipinski definition) is 4. The van der Waals surface area contributed by atoms with Gasteiger partial charge in [-0.05, 0) is 30.7 Å². The molecule has 0 spiro atoms. The van der Waals surface area contributed by atoms with Crippen molar-refractivity contribution >= 4 is 27.8 Å². The first-order chi connectivity index (χ1) is 9.84. The number of ether oxygens (including phenoxy) is 1. The first kappa shape index (κ1) is 17.1. The van der Waals surface area contributed by atoms with E-state index in [-0.39, 0.29) is 18.0 Å². The molecule has 0 saturated heterocycles. The quantitative estimate of drug-likeness (QED) is 0.562. The number of carboxylic acid groups (broad SMARTS) is 1. The third kappa shape index (κ3) is 6.37. The number of carbonyl (C=O) groups is 1. The molecule has 0 radical (unpaired) electrons.